The minimum absolute atomic E-state index is 0.437. The fourth-order valence-electron chi connectivity index (χ4n) is 11.6. The molecule has 6 rings (SSSR count). The van der Waals surface area contributed by atoms with Gasteiger partial charge in [-0.05, 0) is 178 Å². The Kier molecular flexibility index (Phi) is 31.3. The molecule has 0 heterocycles. The van der Waals surface area contributed by atoms with E-state index in [2.05, 4.69) is 242 Å². The van der Waals surface area contributed by atoms with Crippen molar-refractivity contribution < 1.29 is 0 Å². The fraction of sp³-hybridized carbons (Fsp3) is 1.00. The molecule has 70 heavy (non-hydrogen) atoms. The van der Waals surface area contributed by atoms with Crippen LogP contribution in [0.5, 0.6) is 0 Å². The summed E-state index contributed by atoms with van der Waals surface area (Å²) in [6.45, 7) is 80.5. The first kappa shape index (κ1) is 74.2. The molecule has 0 aliphatic heterocycles. The molecule has 0 spiro atoms. The summed E-state index contributed by atoms with van der Waals surface area (Å²) >= 11 is 0. The summed E-state index contributed by atoms with van der Waals surface area (Å²) < 4.78 is 0. The quantitative estimate of drug-likeness (QED) is 0.246. The minimum atomic E-state index is 0.437. The Bertz CT molecular complexity index is 1210. The van der Waals surface area contributed by atoms with Gasteiger partial charge < -0.3 is 0 Å². The lowest BCUT2D eigenvalue weighted by molar-refractivity contribution is -0.113. The molecule has 6 aliphatic rings. The van der Waals surface area contributed by atoms with Crippen LogP contribution in [0, 0.1) is 101 Å². The van der Waals surface area contributed by atoms with Crippen molar-refractivity contribution in [2.75, 3.05) is 0 Å². The van der Waals surface area contributed by atoms with E-state index in [4.69, 9.17) is 0 Å². The van der Waals surface area contributed by atoms with E-state index < -0.39 is 0 Å². The van der Waals surface area contributed by atoms with Crippen molar-refractivity contribution in [1.29, 1.82) is 0 Å². The average molecular weight is 988 g/mol. The molecule has 6 saturated carbocycles. The van der Waals surface area contributed by atoms with E-state index in [-0.39, 0.29) is 0 Å². The van der Waals surface area contributed by atoms with Gasteiger partial charge in [0, 0.05) is 0 Å². The van der Waals surface area contributed by atoms with Crippen molar-refractivity contribution in [1.82, 2.24) is 0 Å². The van der Waals surface area contributed by atoms with Gasteiger partial charge in [-0.25, -0.2) is 0 Å². The average Bonchev–Trinajstić information content (AvgIpc) is 3.61. The zero-order valence-corrected chi connectivity index (χ0v) is 56.6. The van der Waals surface area contributed by atoms with Crippen molar-refractivity contribution >= 4 is 0 Å². The summed E-state index contributed by atoms with van der Waals surface area (Å²) in [6.07, 6.45) is 25.3. The maximum Gasteiger partial charge on any atom is -0.0241 e. The molecule has 0 amide bonds. The van der Waals surface area contributed by atoms with Gasteiger partial charge in [-0.1, -0.05) is 274 Å². The van der Waals surface area contributed by atoms with Crippen LogP contribution in [0.4, 0.5) is 0 Å². The zero-order valence-electron chi connectivity index (χ0n) is 56.6. The van der Waals surface area contributed by atoms with Gasteiger partial charge in [0.15, 0.2) is 0 Å². The Morgan fingerprint density at radius 1 is 0.371 bits per heavy atom. The maximum absolute atomic E-state index is 2.49. The van der Waals surface area contributed by atoms with E-state index in [1.54, 1.807) is 38.5 Å². The fourth-order valence-corrected chi connectivity index (χ4v) is 11.6. The van der Waals surface area contributed by atoms with Gasteiger partial charge in [-0.3, -0.25) is 0 Å². The standard InChI is InChI=1S/C14H24.C10H20.C9H18.C9H20.2C8H18.C7H16.C5H12/c1-13(2,3)14-7-10-4-11(8-14)6-12(5-10)9-14;1-10(2,3)9-7-5-4-6-8-9;1-9(2,3)8-6-4-5-7-8;1-8(2,3)7-9(4,5)6;1-7(2)6-8(3,4)5;1-7(2,3)8(4,5)6;1-6(2)7(3,4)5;1-5(2,3)4/h10-12H,4-9H2,1-3H3;9H,4-8H2,1-3H3;8H,4-7H2,1-3H3;7H2,1-6H3;7H,6H2,1-5H3;1-6H3;6H,1-5H3;1-4H3. The molecule has 426 valence electrons. The summed E-state index contributed by atoms with van der Waals surface area (Å²) in [5.41, 5.74) is 5.81. The molecule has 0 aromatic heterocycles. The maximum atomic E-state index is 2.49. The van der Waals surface area contributed by atoms with E-state index in [1.165, 1.54) is 70.6 Å². The molecule has 6 fully saturated rings. The second-order valence-corrected chi connectivity index (χ2v) is 37.0. The first-order valence-corrected chi connectivity index (χ1v) is 30.5. The number of rotatable bonds is 1. The molecule has 0 saturated heterocycles. The summed E-state index contributed by atoms with van der Waals surface area (Å²) in [6, 6.07) is 0. The number of hydrogen-bond donors (Lipinski definition) is 0. The SMILES string of the molecule is CC(C)(C)C.CC(C)(C)C(C)(C)C.CC(C)(C)C12CC3CC(CC(C3)C1)C2.CC(C)(C)C1CCCC1.CC(C)(C)C1CCCCC1.CC(C)(C)CC(C)(C)C.CC(C)C(C)(C)C.CC(C)CC(C)(C)C. The van der Waals surface area contributed by atoms with Crippen LogP contribution >= 0.6 is 0 Å². The van der Waals surface area contributed by atoms with Gasteiger partial charge in [0.05, 0.1) is 0 Å². The van der Waals surface area contributed by atoms with Crippen molar-refractivity contribution in [3.05, 3.63) is 0 Å². The first-order chi connectivity index (χ1) is 30.5. The highest BCUT2D eigenvalue weighted by Crippen LogP contribution is 2.65. The molecule has 0 aromatic rings. The first-order valence-electron chi connectivity index (χ1n) is 30.5. The predicted octanol–water partition coefficient (Wildman–Crippen LogP) is 25.5. The van der Waals surface area contributed by atoms with Crippen molar-refractivity contribution in [2.24, 2.45) is 101 Å². The monoisotopic (exact) mass is 987 g/mol. The van der Waals surface area contributed by atoms with Crippen LogP contribution in [-0.4, -0.2) is 0 Å². The second-order valence-electron chi connectivity index (χ2n) is 37.0. The van der Waals surface area contributed by atoms with Crippen LogP contribution in [0.15, 0.2) is 0 Å². The Labute approximate surface area is 450 Å². The molecule has 0 atom stereocenters. The Balaban J connectivity index is -0.000000746. The lowest BCUT2D eigenvalue weighted by atomic mass is 9.43. The largest absolute Gasteiger partial charge is 0.0628 e. The van der Waals surface area contributed by atoms with E-state index in [0.717, 1.165) is 46.8 Å². The molecular weight excluding hydrogens is 841 g/mol. The summed E-state index contributed by atoms with van der Waals surface area (Å²) in [7, 11) is 0. The van der Waals surface area contributed by atoms with E-state index in [9.17, 15) is 0 Å². The second kappa shape index (κ2) is 29.5. The molecule has 0 unspecified atom stereocenters. The van der Waals surface area contributed by atoms with Crippen LogP contribution < -0.4 is 0 Å². The topological polar surface area (TPSA) is 0 Å². The molecule has 0 N–H and O–H groups in total. The van der Waals surface area contributed by atoms with E-state index in [0.29, 0.717) is 54.1 Å². The van der Waals surface area contributed by atoms with Crippen LogP contribution in [0.1, 0.15) is 351 Å². The Morgan fingerprint density at radius 2 is 0.614 bits per heavy atom. The van der Waals surface area contributed by atoms with Gasteiger partial charge in [-0.2, -0.15) is 0 Å². The molecule has 0 heteroatoms. The van der Waals surface area contributed by atoms with Crippen LogP contribution in [0.25, 0.3) is 0 Å². The zero-order chi connectivity index (χ0) is 56.6. The van der Waals surface area contributed by atoms with Crippen LogP contribution in [-0.2, 0) is 0 Å². The van der Waals surface area contributed by atoms with Gasteiger partial charge in [0.2, 0.25) is 0 Å². The van der Waals surface area contributed by atoms with Gasteiger partial charge in [0.1, 0.15) is 0 Å². The summed E-state index contributed by atoms with van der Waals surface area (Å²) in [4.78, 5) is 0. The Morgan fingerprint density at radius 3 is 0.729 bits per heavy atom. The van der Waals surface area contributed by atoms with Crippen LogP contribution in [0.2, 0.25) is 0 Å². The summed E-state index contributed by atoms with van der Waals surface area (Å²) in [5.74, 6) is 6.99. The lowest BCUT2D eigenvalue weighted by Gasteiger charge is -2.62. The van der Waals surface area contributed by atoms with Crippen molar-refractivity contribution in [3.8, 4) is 0 Å². The molecule has 0 aromatic carbocycles. The van der Waals surface area contributed by atoms with E-state index >= 15 is 0 Å². The van der Waals surface area contributed by atoms with Crippen LogP contribution in [0.3, 0.4) is 0 Å². The van der Waals surface area contributed by atoms with Crippen molar-refractivity contribution in [3.63, 3.8) is 0 Å². The highest BCUT2D eigenvalue weighted by molar-refractivity contribution is 5.05. The highest BCUT2D eigenvalue weighted by atomic mass is 14.6. The molecule has 6 aliphatic carbocycles. The van der Waals surface area contributed by atoms with Gasteiger partial charge in [0.25, 0.3) is 0 Å². The highest BCUT2D eigenvalue weighted by Gasteiger charge is 2.55. The molecule has 0 nitrogen and oxygen atoms in total. The van der Waals surface area contributed by atoms with Crippen molar-refractivity contribution in [2.45, 2.75) is 351 Å². The van der Waals surface area contributed by atoms with Gasteiger partial charge in [-0.15, -0.1) is 0 Å². The minimum Gasteiger partial charge on any atom is -0.0628 e. The Hall–Kier alpha value is 0. The normalized spacial score (nSPS) is 23.5. The number of hydrogen-bond acceptors (Lipinski definition) is 0. The third-order valence-corrected chi connectivity index (χ3v) is 17.1. The third kappa shape index (κ3) is 38.5. The third-order valence-electron chi connectivity index (χ3n) is 17.1. The molecule has 0 radical (unpaired) electrons. The molecule has 4 bridgehead atoms. The lowest BCUT2D eigenvalue weighted by Crippen LogP contribution is -2.51. The smallest absolute Gasteiger partial charge is 0.0241 e. The predicted molar refractivity (Wildman–Crippen MR) is 328 cm³/mol. The molecular formula is C70H146. The van der Waals surface area contributed by atoms with E-state index in [1.807, 2.05) is 0 Å². The van der Waals surface area contributed by atoms with Gasteiger partial charge >= 0.3 is 0 Å². The summed E-state index contributed by atoms with van der Waals surface area (Å²) in [5, 5.41) is 0.